The van der Waals surface area contributed by atoms with E-state index >= 15 is 0 Å². The van der Waals surface area contributed by atoms with E-state index in [1.807, 2.05) is 18.2 Å². The van der Waals surface area contributed by atoms with Gasteiger partial charge in [0.1, 0.15) is 0 Å². The number of nitriles is 1. The van der Waals surface area contributed by atoms with Gasteiger partial charge in [0.15, 0.2) is 0 Å². The van der Waals surface area contributed by atoms with Crippen LogP contribution in [0, 0.1) is 11.3 Å². The Bertz CT molecular complexity index is 518. The maximum Gasteiger partial charge on any atom is 0.304 e. The van der Waals surface area contributed by atoms with Gasteiger partial charge in [-0.15, -0.1) is 0 Å². The van der Waals surface area contributed by atoms with E-state index < -0.39 is 5.97 Å². The summed E-state index contributed by atoms with van der Waals surface area (Å²) in [7, 11) is 0. The van der Waals surface area contributed by atoms with E-state index in [-0.39, 0.29) is 12.5 Å². The standard InChI is InChI=1S/C16H20N2O3/c17-10-13-4-1-2-5-14(13)11-18(8-7-16(19)20)12-15-6-3-9-21-15/h1-2,4-5,15H,3,6-9,11-12H2,(H,19,20). The summed E-state index contributed by atoms with van der Waals surface area (Å²) in [4.78, 5) is 12.9. The molecule has 0 aliphatic carbocycles. The number of carboxylic acid groups (broad SMARTS) is 1. The van der Waals surface area contributed by atoms with Crippen molar-refractivity contribution in [2.45, 2.75) is 31.9 Å². The van der Waals surface area contributed by atoms with Gasteiger partial charge in [-0.2, -0.15) is 5.26 Å². The van der Waals surface area contributed by atoms with Crippen LogP contribution in [0.1, 0.15) is 30.4 Å². The number of ether oxygens (including phenoxy) is 1. The SMILES string of the molecule is N#Cc1ccccc1CN(CCC(=O)O)CC1CCCO1. The van der Waals surface area contributed by atoms with Crippen molar-refractivity contribution in [3.8, 4) is 6.07 Å². The van der Waals surface area contributed by atoms with Gasteiger partial charge < -0.3 is 9.84 Å². The molecule has 0 saturated carbocycles. The van der Waals surface area contributed by atoms with E-state index in [4.69, 9.17) is 15.1 Å². The molecule has 2 rings (SSSR count). The molecular weight excluding hydrogens is 268 g/mol. The minimum absolute atomic E-state index is 0.0987. The van der Waals surface area contributed by atoms with E-state index in [9.17, 15) is 4.79 Å². The number of carboxylic acids is 1. The summed E-state index contributed by atoms with van der Waals surface area (Å²) >= 11 is 0. The first-order valence-electron chi connectivity index (χ1n) is 7.23. The van der Waals surface area contributed by atoms with Crippen molar-refractivity contribution < 1.29 is 14.6 Å². The number of carbonyl (C=O) groups is 1. The van der Waals surface area contributed by atoms with Crippen molar-refractivity contribution in [2.24, 2.45) is 0 Å². The third-order valence-corrected chi connectivity index (χ3v) is 3.66. The van der Waals surface area contributed by atoms with Gasteiger partial charge in [-0.1, -0.05) is 18.2 Å². The van der Waals surface area contributed by atoms with Gasteiger partial charge in [0.25, 0.3) is 0 Å². The molecule has 1 aliphatic rings. The molecule has 0 spiro atoms. The monoisotopic (exact) mass is 288 g/mol. The average molecular weight is 288 g/mol. The molecule has 1 N–H and O–H groups in total. The Morgan fingerprint density at radius 3 is 2.95 bits per heavy atom. The Morgan fingerprint density at radius 2 is 2.29 bits per heavy atom. The molecule has 0 bridgehead atoms. The quantitative estimate of drug-likeness (QED) is 0.831. The lowest BCUT2D eigenvalue weighted by atomic mass is 10.1. The van der Waals surface area contributed by atoms with Crippen LogP contribution < -0.4 is 0 Å². The third-order valence-electron chi connectivity index (χ3n) is 3.66. The topological polar surface area (TPSA) is 73.6 Å². The molecule has 5 nitrogen and oxygen atoms in total. The fraction of sp³-hybridized carbons (Fsp3) is 0.500. The highest BCUT2D eigenvalue weighted by Crippen LogP contribution is 2.16. The van der Waals surface area contributed by atoms with Gasteiger partial charge in [0, 0.05) is 26.2 Å². The Balaban J connectivity index is 2.03. The largest absolute Gasteiger partial charge is 0.481 e. The van der Waals surface area contributed by atoms with Crippen molar-refractivity contribution >= 4 is 5.97 Å². The highest BCUT2D eigenvalue weighted by atomic mass is 16.5. The predicted molar refractivity (Wildman–Crippen MR) is 77.7 cm³/mol. The second-order valence-electron chi connectivity index (χ2n) is 5.28. The lowest BCUT2D eigenvalue weighted by Gasteiger charge is -2.25. The fourth-order valence-electron chi connectivity index (χ4n) is 2.57. The van der Waals surface area contributed by atoms with E-state index in [1.165, 1.54) is 0 Å². The first-order valence-corrected chi connectivity index (χ1v) is 7.23. The first kappa shape index (κ1) is 15.5. The van der Waals surface area contributed by atoms with Gasteiger partial charge in [-0.25, -0.2) is 0 Å². The maximum absolute atomic E-state index is 10.8. The van der Waals surface area contributed by atoms with E-state index in [1.54, 1.807) is 6.07 Å². The van der Waals surface area contributed by atoms with Crippen LogP contribution in [0.5, 0.6) is 0 Å². The van der Waals surface area contributed by atoms with Crippen molar-refractivity contribution in [3.63, 3.8) is 0 Å². The van der Waals surface area contributed by atoms with Crippen molar-refractivity contribution in [3.05, 3.63) is 35.4 Å². The molecular formula is C16H20N2O3. The van der Waals surface area contributed by atoms with Crippen LogP contribution in [-0.2, 0) is 16.1 Å². The maximum atomic E-state index is 10.8. The summed E-state index contributed by atoms with van der Waals surface area (Å²) < 4.78 is 5.63. The zero-order valence-corrected chi connectivity index (χ0v) is 12.0. The van der Waals surface area contributed by atoms with E-state index in [0.29, 0.717) is 25.2 Å². The highest BCUT2D eigenvalue weighted by Gasteiger charge is 2.20. The van der Waals surface area contributed by atoms with E-state index in [2.05, 4.69) is 11.0 Å². The van der Waals surface area contributed by atoms with Gasteiger partial charge in [-0.3, -0.25) is 9.69 Å². The molecule has 1 heterocycles. The van der Waals surface area contributed by atoms with Crippen LogP contribution in [0.25, 0.3) is 0 Å². The molecule has 0 aromatic heterocycles. The summed E-state index contributed by atoms with van der Waals surface area (Å²) in [5.41, 5.74) is 1.58. The second-order valence-corrected chi connectivity index (χ2v) is 5.28. The molecule has 5 heteroatoms. The van der Waals surface area contributed by atoms with Gasteiger partial charge in [0.2, 0.25) is 0 Å². The van der Waals surface area contributed by atoms with Crippen LogP contribution in [0.3, 0.4) is 0 Å². The molecule has 0 radical (unpaired) electrons. The third kappa shape index (κ3) is 4.85. The molecule has 1 aromatic rings. The molecule has 1 saturated heterocycles. The van der Waals surface area contributed by atoms with Crippen molar-refractivity contribution in [2.75, 3.05) is 19.7 Å². The number of rotatable bonds is 7. The number of hydrogen-bond acceptors (Lipinski definition) is 4. The molecule has 112 valence electrons. The fourth-order valence-corrected chi connectivity index (χ4v) is 2.57. The van der Waals surface area contributed by atoms with Crippen LogP contribution in [0.4, 0.5) is 0 Å². The summed E-state index contributed by atoms with van der Waals surface area (Å²) in [5, 5.41) is 18.0. The number of nitrogens with zero attached hydrogens (tertiary/aromatic N) is 2. The zero-order chi connectivity index (χ0) is 15.1. The summed E-state index contributed by atoms with van der Waals surface area (Å²) in [6, 6.07) is 9.63. The lowest BCUT2D eigenvalue weighted by Crippen LogP contribution is -2.33. The molecule has 1 fully saturated rings. The Hall–Kier alpha value is -1.90. The van der Waals surface area contributed by atoms with Gasteiger partial charge in [-0.05, 0) is 24.5 Å². The number of aliphatic carboxylic acids is 1. The summed E-state index contributed by atoms with van der Waals surface area (Å²) in [5.74, 6) is -0.805. The molecule has 1 aliphatic heterocycles. The Labute approximate surface area is 124 Å². The molecule has 1 atom stereocenters. The van der Waals surface area contributed by atoms with Gasteiger partial charge in [0.05, 0.1) is 24.2 Å². The zero-order valence-electron chi connectivity index (χ0n) is 12.0. The van der Waals surface area contributed by atoms with Crippen molar-refractivity contribution in [1.82, 2.24) is 4.90 Å². The summed E-state index contributed by atoms with van der Waals surface area (Å²) in [6.45, 7) is 2.55. The Morgan fingerprint density at radius 1 is 1.48 bits per heavy atom. The Kier molecular flexibility index (Phi) is 5.73. The molecule has 1 unspecified atom stereocenters. The molecule has 1 aromatic carbocycles. The number of benzene rings is 1. The first-order chi connectivity index (χ1) is 10.2. The smallest absolute Gasteiger partial charge is 0.304 e. The minimum Gasteiger partial charge on any atom is -0.481 e. The summed E-state index contributed by atoms with van der Waals surface area (Å²) in [6.07, 6.45) is 2.35. The normalized spacial score (nSPS) is 17.8. The number of hydrogen-bond donors (Lipinski definition) is 1. The highest BCUT2D eigenvalue weighted by molar-refractivity contribution is 5.66. The van der Waals surface area contributed by atoms with Crippen LogP contribution in [0.15, 0.2) is 24.3 Å². The second kappa shape index (κ2) is 7.77. The molecule has 21 heavy (non-hydrogen) atoms. The van der Waals surface area contributed by atoms with Crippen molar-refractivity contribution in [1.29, 1.82) is 5.26 Å². The predicted octanol–water partition coefficient (Wildman–Crippen LogP) is 2.01. The van der Waals surface area contributed by atoms with E-state index in [0.717, 1.165) is 25.0 Å². The van der Waals surface area contributed by atoms with Crippen LogP contribution in [-0.4, -0.2) is 41.8 Å². The lowest BCUT2D eigenvalue weighted by molar-refractivity contribution is -0.137. The molecule has 0 amide bonds. The average Bonchev–Trinajstić information content (AvgIpc) is 2.98. The minimum atomic E-state index is -0.805. The van der Waals surface area contributed by atoms with Crippen LogP contribution in [0.2, 0.25) is 0 Å². The van der Waals surface area contributed by atoms with Gasteiger partial charge >= 0.3 is 5.97 Å². The van der Waals surface area contributed by atoms with Crippen LogP contribution >= 0.6 is 0 Å².